The molecule has 0 amide bonds. The normalized spacial score (nSPS) is 59.3. The van der Waals surface area contributed by atoms with E-state index in [0.717, 1.165) is 50.5 Å². The fourth-order valence-corrected chi connectivity index (χ4v) is 14.2. The van der Waals surface area contributed by atoms with Gasteiger partial charge in [0.2, 0.25) is 0 Å². The molecule has 9 rings (SSSR count). The van der Waals surface area contributed by atoms with Gasteiger partial charge in [-0.05, 0) is 99.2 Å². The summed E-state index contributed by atoms with van der Waals surface area (Å²) >= 11 is 0. The van der Waals surface area contributed by atoms with Crippen LogP contribution in [-0.2, 0) is 37.9 Å². The second-order valence-electron chi connectivity index (χ2n) is 20.7. The quantitative estimate of drug-likeness (QED) is 0.173. The summed E-state index contributed by atoms with van der Waals surface area (Å²) in [5.41, 5.74) is 0.797. The molecule has 4 saturated carbocycles. The molecule has 26 atom stereocenters. The highest BCUT2D eigenvalue weighted by atomic mass is 16.8. The van der Waals surface area contributed by atoms with E-state index in [1.54, 1.807) is 6.92 Å². The van der Waals surface area contributed by atoms with Crippen LogP contribution in [-0.4, -0.2) is 164 Å². The summed E-state index contributed by atoms with van der Waals surface area (Å²) < 4.78 is 51.0. The van der Waals surface area contributed by atoms with Crippen LogP contribution in [0.1, 0.15) is 92.4 Å². The number of ether oxygens (including phenoxy) is 8. The summed E-state index contributed by atoms with van der Waals surface area (Å²) in [6.45, 7) is 14.6. The number of rotatable bonds is 6. The Morgan fingerprint density at radius 3 is 2.12 bits per heavy atom. The van der Waals surface area contributed by atoms with Crippen molar-refractivity contribution in [3.8, 4) is 0 Å². The molecule has 4 aliphatic carbocycles. The van der Waals surface area contributed by atoms with Gasteiger partial charge in [-0.1, -0.05) is 32.9 Å². The van der Waals surface area contributed by atoms with Gasteiger partial charge in [-0.25, -0.2) is 0 Å². The maximum absolute atomic E-state index is 11.6. The number of aliphatic hydroxyl groups is 8. The minimum absolute atomic E-state index is 0.0767. The number of fused-ring (bicyclic) bond motifs is 7. The molecule has 5 aliphatic heterocycles. The molecule has 0 bridgehead atoms. The molecule has 5 heterocycles. The second kappa shape index (κ2) is 16.2. The fourth-order valence-electron chi connectivity index (χ4n) is 14.2. The van der Waals surface area contributed by atoms with Gasteiger partial charge in [-0.15, -0.1) is 0 Å². The first-order valence-corrected chi connectivity index (χ1v) is 22.7. The van der Waals surface area contributed by atoms with Crippen molar-refractivity contribution in [3.63, 3.8) is 0 Å². The predicted molar refractivity (Wildman–Crippen MR) is 208 cm³/mol. The smallest absolute Gasteiger partial charge is 0.187 e. The molecule has 0 radical (unpaired) electrons. The van der Waals surface area contributed by atoms with Crippen LogP contribution in [0.3, 0.4) is 0 Å². The fraction of sp³-hybridized carbons (Fsp3) is 0.955. The molecule has 60 heavy (non-hydrogen) atoms. The monoisotopic (exact) mass is 854 g/mol. The molecule has 16 nitrogen and oxygen atoms in total. The molecule has 8 N–H and O–H groups in total. The summed E-state index contributed by atoms with van der Waals surface area (Å²) in [5, 5.41) is 86.9. The van der Waals surface area contributed by atoms with Crippen LogP contribution in [0.2, 0.25) is 0 Å². The van der Waals surface area contributed by atoms with E-state index in [2.05, 4.69) is 27.4 Å². The lowest BCUT2D eigenvalue weighted by molar-refractivity contribution is -0.393. The molecule has 342 valence electrons. The Hall–Kier alpha value is -0.900. The molecule has 5 saturated heterocycles. The summed E-state index contributed by atoms with van der Waals surface area (Å²) in [4.78, 5) is 0. The third kappa shape index (κ3) is 7.01. The van der Waals surface area contributed by atoms with Crippen LogP contribution in [0.25, 0.3) is 0 Å². The maximum Gasteiger partial charge on any atom is 0.187 e. The first-order chi connectivity index (χ1) is 28.4. The Bertz CT molecular complexity index is 1560. The van der Waals surface area contributed by atoms with Crippen molar-refractivity contribution in [3.05, 3.63) is 12.2 Å². The minimum Gasteiger partial charge on any atom is -0.393 e. The maximum atomic E-state index is 11.6. The molecular formula is C44H70O16. The van der Waals surface area contributed by atoms with Crippen molar-refractivity contribution < 1.29 is 78.7 Å². The third-order valence-corrected chi connectivity index (χ3v) is 17.6. The van der Waals surface area contributed by atoms with Gasteiger partial charge in [0, 0.05) is 18.8 Å². The summed E-state index contributed by atoms with van der Waals surface area (Å²) in [6.07, 6.45) is -13.1. The summed E-state index contributed by atoms with van der Waals surface area (Å²) in [6, 6.07) is 0. The zero-order chi connectivity index (χ0) is 42.8. The molecule has 16 heteroatoms. The first kappa shape index (κ1) is 44.3. The van der Waals surface area contributed by atoms with Crippen LogP contribution < -0.4 is 0 Å². The van der Waals surface area contributed by atoms with Crippen molar-refractivity contribution in [2.75, 3.05) is 13.2 Å². The van der Waals surface area contributed by atoms with Crippen molar-refractivity contribution in [1.82, 2.24) is 0 Å². The topological polar surface area (TPSA) is 236 Å². The Morgan fingerprint density at radius 2 is 1.38 bits per heavy atom. The van der Waals surface area contributed by atoms with Gasteiger partial charge < -0.3 is 78.7 Å². The van der Waals surface area contributed by atoms with Crippen molar-refractivity contribution in [2.24, 2.45) is 46.3 Å². The molecular weight excluding hydrogens is 784 g/mol. The van der Waals surface area contributed by atoms with Crippen LogP contribution in [0.15, 0.2) is 12.2 Å². The van der Waals surface area contributed by atoms with E-state index in [0.29, 0.717) is 37.2 Å². The van der Waals surface area contributed by atoms with Gasteiger partial charge >= 0.3 is 0 Å². The lowest BCUT2D eigenvalue weighted by atomic mass is 9.43. The van der Waals surface area contributed by atoms with Gasteiger partial charge in [0.05, 0.1) is 43.7 Å². The lowest BCUT2D eigenvalue weighted by Gasteiger charge is -2.63. The zero-order valence-electron chi connectivity index (χ0n) is 35.6. The predicted octanol–water partition coefficient (Wildman–Crippen LogP) is 0.852. The third-order valence-electron chi connectivity index (χ3n) is 17.6. The molecule has 9 fully saturated rings. The molecule has 0 aromatic carbocycles. The van der Waals surface area contributed by atoms with E-state index in [1.807, 2.05) is 0 Å². The number of hydrogen-bond acceptors (Lipinski definition) is 16. The van der Waals surface area contributed by atoms with Crippen LogP contribution >= 0.6 is 0 Å². The van der Waals surface area contributed by atoms with Gasteiger partial charge in [-0.3, -0.25) is 0 Å². The van der Waals surface area contributed by atoms with E-state index < -0.39 is 109 Å². The Morgan fingerprint density at radius 1 is 0.683 bits per heavy atom. The van der Waals surface area contributed by atoms with Crippen molar-refractivity contribution in [2.45, 2.75) is 203 Å². The molecule has 0 aromatic heterocycles. The van der Waals surface area contributed by atoms with Crippen LogP contribution in [0.5, 0.6) is 0 Å². The highest BCUT2D eigenvalue weighted by Crippen LogP contribution is 2.71. The van der Waals surface area contributed by atoms with Crippen molar-refractivity contribution >= 4 is 0 Å². The SMILES string of the molecule is C=C1CC[C@@]2(OC1)O[C@H]1C[C@H]3[C@@H]4CC[C@H]5C[C@H](O)C[C@@H](O[C@@H]6O[C@H](C)[C@H](O)[C@H](O[C@@H]7OC[C@@H](O)[C@H](O)[C@H]7O)[C@H]6O[C@@H]6O[C@@H](C)[C@H](O)[C@@H](O)[C@H]6O)[C@]5(C)[C@H]4CC[C@]3(C)[C@H]1[C@@H]2C. The summed E-state index contributed by atoms with van der Waals surface area (Å²) in [7, 11) is 0. The largest absolute Gasteiger partial charge is 0.393 e. The molecule has 0 aromatic rings. The van der Waals surface area contributed by atoms with Gasteiger partial charge in [0.15, 0.2) is 24.7 Å². The van der Waals surface area contributed by atoms with Gasteiger partial charge in [0.1, 0.15) is 54.9 Å². The number of aliphatic hydroxyl groups excluding tert-OH is 8. The van der Waals surface area contributed by atoms with E-state index >= 15 is 0 Å². The highest BCUT2D eigenvalue weighted by molar-refractivity contribution is 5.17. The van der Waals surface area contributed by atoms with Gasteiger partial charge in [0.25, 0.3) is 0 Å². The molecule has 9 aliphatic rings. The average molecular weight is 855 g/mol. The highest BCUT2D eigenvalue weighted by Gasteiger charge is 2.70. The van der Waals surface area contributed by atoms with E-state index in [-0.39, 0.29) is 35.9 Å². The minimum atomic E-state index is -1.71. The zero-order valence-corrected chi connectivity index (χ0v) is 35.6. The average Bonchev–Trinajstić information content (AvgIpc) is 3.66. The first-order valence-electron chi connectivity index (χ1n) is 22.7. The van der Waals surface area contributed by atoms with Crippen LogP contribution in [0, 0.1) is 46.3 Å². The Labute approximate surface area is 352 Å². The summed E-state index contributed by atoms with van der Waals surface area (Å²) in [5.74, 6) is 1.35. The Balaban J connectivity index is 1.00. The Kier molecular flexibility index (Phi) is 12.0. The lowest BCUT2D eigenvalue weighted by Crippen LogP contribution is -2.67. The van der Waals surface area contributed by atoms with Gasteiger partial charge in [-0.2, -0.15) is 0 Å². The van der Waals surface area contributed by atoms with E-state index in [1.165, 1.54) is 6.92 Å². The standard InChI is InChI=1S/C44H70O16/c1-18-9-12-44(54-16-18)19(2)30-28(60-44)15-26-24-8-7-22-13-23(45)14-29(43(22,6)25(24)10-11-42(26,30)5)57-41-38(59-40-36(52)34(50)31(47)20(3)55-40)37(32(48)21(4)56-41)58-39-35(51)33(49)27(46)17-53-39/h19-41,45-52H,1,7-17H2,2-6H3/t19-,20-,21+,22-,23-,24+,25-,26-,27+,28-,29+,30-,31-,32-,33-,34+,35+,36+,37-,38+,39-,40-,41-,42-,43-,44+/m0/s1. The molecule has 1 spiro atoms. The van der Waals surface area contributed by atoms with Crippen LogP contribution in [0.4, 0.5) is 0 Å². The van der Waals surface area contributed by atoms with E-state index in [9.17, 15) is 40.9 Å². The molecule has 0 unspecified atom stereocenters. The second-order valence-corrected chi connectivity index (χ2v) is 20.7. The van der Waals surface area contributed by atoms with Crippen molar-refractivity contribution in [1.29, 1.82) is 0 Å². The number of hydrogen-bond donors (Lipinski definition) is 8. The van der Waals surface area contributed by atoms with E-state index in [4.69, 9.17) is 37.9 Å².